The second kappa shape index (κ2) is 11.5. The molecule has 0 saturated carbocycles. The molecule has 2 aromatic rings. The summed E-state index contributed by atoms with van der Waals surface area (Å²) in [5, 5.41) is 0. The van der Waals surface area contributed by atoms with Crippen LogP contribution >= 0.6 is 0 Å². The van der Waals surface area contributed by atoms with E-state index in [2.05, 4.69) is 0 Å². The number of carbonyl (C=O) groups excluding carboxylic acids is 3. The molecule has 0 unspecified atom stereocenters. The van der Waals surface area contributed by atoms with Crippen molar-refractivity contribution in [3.8, 4) is 0 Å². The number of amides is 3. The van der Waals surface area contributed by atoms with E-state index in [1.165, 1.54) is 9.80 Å². The quantitative estimate of drug-likeness (QED) is 0.563. The van der Waals surface area contributed by atoms with E-state index in [0.29, 0.717) is 32.4 Å². The fourth-order valence-electron chi connectivity index (χ4n) is 4.82. The normalized spacial score (nSPS) is 19.9. The van der Waals surface area contributed by atoms with Crippen molar-refractivity contribution < 1.29 is 27.9 Å². The summed E-state index contributed by atoms with van der Waals surface area (Å²) in [6.07, 6.45) is 0.460. The van der Waals surface area contributed by atoms with Crippen molar-refractivity contribution in [1.82, 2.24) is 14.7 Å². The molecule has 36 heavy (non-hydrogen) atoms. The van der Waals surface area contributed by atoms with Gasteiger partial charge < -0.3 is 20.3 Å². The Bertz CT molecular complexity index is 1080. The highest BCUT2D eigenvalue weighted by Gasteiger charge is 2.48. The maximum atomic E-state index is 13.5. The van der Waals surface area contributed by atoms with Crippen LogP contribution in [0.3, 0.4) is 0 Å². The smallest absolute Gasteiger partial charge is 0.411 e. The van der Waals surface area contributed by atoms with Crippen LogP contribution in [0.15, 0.2) is 48.5 Å². The number of benzene rings is 2. The average molecular weight is 501 g/mol. The molecule has 0 spiro atoms. The highest BCUT2D eigenvalue weighted by molar-refractivity contribution is 5.90. The molecular formula is C26H30F2N4O4. The first-order chi connectivity index (χ1) is 17.4. The van der Waals surface area contributed by atoms with Gasteiger partial charge in [0.15, 0.2) is 0 Å². The van der Waals surface area contributed by atoms with Gasteiger partial charge in [-0.15, -0.1) is 0 Å². The van der Waals surface area contributed by atoms with E-state index in [1.807, 2.05) is 30.3 Å². The minimum absolute atomic E-state index is 0.0551. The highest BCUT2D eigenvalue weighted by atomic mass is 19.1. The third kappa shape index (κ3) is 5.81. The van der Waals surface area contributed by atoms with Crippen LogP contribution in [-0.2, 0) is 27.5 Å². The zero-order chi connectivity index (χ0) is 25.7. The van der Waals surface area contributed by atoms with E-state index < -0.39 is 29.9 Å². The molecule has 2 fully saturated rings. The van der Waals surface area contributed by atoms with Gasteiger partial charge in [-0.2, -0.15) is 0 Å². The molecule has 2 atom stereocenters. The predicted octanol–water partition coefficient (Wildman–Crippen LogP) is 3.00. The molecule has 2 N–H and O–H groups in total. The number of hydrogen-bond donors (Lipinski definition) is 1. The lowest BCUT2D eigenvalue weighted by Gasteiger charge is -2.52. The van der Waals surface area contributed by atoms with Crippen molar-refractivity contribution in [2.45, 2.75) is 51.0 Å². The average Bonchev–Trinajstić information content (AvgIpc) is 2.85. The van der Waals surface area contributed by atoms with E-state index in [0.717, 1.165) is 23.8 Å². The summed E-state index contributed by atoms with van der Waals surface area (Å²) in [7, 11) is 0. The van der Waals surface area contributed by atoms with Gasteiger partial charge in [0.05, 0.1) is 6.54 Å². The van der Waals surface area contributed by atoms with E-state index in [1.54, 1.807) is 4.90 Å². The first-order valence-corrected chi connectivity index (χ1v) is 12.1. The summed E-state index contributed by atoms with van der Waals surface area (Å²) in [4.78, 5) is 44.1. The molecular weight excluding hydrogens is 470 g/mol. The van der Waals surface area contributed by atoms with Crippen molar-refractivity contribution in [2.75, 3.05) is 19.6 Å². The van der Waals surface area contributed by atoms with Gasteiger partial charge in [0.1, 0.15) is 30.4 Å². The molecule has 0 aliphatic carbocycles. The molecule has 0 aromatic heterocycles. The molecule has 0 bridgehead atoms. The van der Waals surface area contributed by atoms with Crippen LogP contribution in [0, 0.1) is 11.6 Å². The first kappa shape index (κ1) is 25.6. The number of nitrogens with zero attached hydrogens (tertiary/aromatic N) is 3. The van der Waals surface area contributed by atoms with E-state index in [4.69, 9.17) is 10.5 Å². The fraction of sp³-hybridized carbons (Fsp3) is 0.423. The maximum Gasteiger partial charge on any atom is 0.411 e. The van der Waals surface area contributed by atoms with Crippen LogP contribution in [0.4, 0.5) is 13.6 Å². The summed E-state index contributed by atoms with van der Waals surface area (Å²) in [5.41, 5.74) is 6.75. The largest absolute Gasteiger partial charge is 0.444 e. The van der Waals surface area contributed by atoms with Crippen LogP contribution in [0.5, 0.6) is 0 Å². The second-order valence-corrected chi connectivity index (χ2v) is 9.06. The number of halogens is 2. The molecule has 2 heterocycles. The third-order valence-electron chi connectivity index (χ3n) is 6.52. The van der Waals surface area contributed by atoms with Crippen molar-refractivity contribution in [3.05, 3.63) is 71.3 Å². The van der Waals surface area contributed by atoms with Crippen molar-refractivity contribution in [3.63, 3.8) is 0 Å². The zero-order valence-corrected chi connectivity index (χ0v) is 19.9. The van der Waals surface area contributed by atoms with E-state index in [-0.39, 0.29) is 43.5 Å². The summed E-state index contributed by atoms with van der Waals surface area (Å²) in [5.74, 6) is -1.88. The van der Waals surface area contributed by atoms with Crippen LogP contribution in [0.1, 0.15) is 36.8 Å². The number of rotatable bonds is 8. The summed E-state index contributed by atoms with van der Waals surface area (Å²) in [6.45, 7) is 0.759. The fourth-order valence-corrected chi connectivity index (χ4v) is 4.82. The number of nitrogens with two attached hydrogens (primary N) is 1. The Morgan fingerprint density at radius 2 is 1.75 bits per heavy atom. The Labute approximate surface area is 208 Å². The SMILES string of the molecule is NCCCC[C@H]1C(=O)N(Cc2ccccc2)C[C@@H]2N(C(=O)OCc3cc(F)cc(F)c3)CCC(=O)N21. The number of unbranched alkanes of at least 4 members (excludes halogenated alkanes) is 1. The number of carbonyl (C=O) groups is 3. The molecule has 2 aliphatic heterocycles. The summed E-state index contributed by atoms with van der Waals surface area (Å²) < 4.78 is 32.4. The van der Waals surface area contributed by atoms with Gasteiger partial charge in [-0.05, 0) is 49.1 Å². The minimum atomic E-state index is -0.765. The number of hydrogen-bond acceptors (Lipinski definition) is 5. The molecule has 2 aromatic carbocycles. The lowest BCUT2D eigenvalue weighted by molar-refractivity contribution is -0.169. The van der Waals surface area contributed by atoms with Gasteiger partial charge in [0.25, 0.3) is 0 Å². The lowest BCUT2D eigenvalue weighted by atomic mass is 9.98. The Morgan fingerprint density at radius 3 is 2.44 bits per heavy atom. The zero-order valence-electron chi connectivity index (χ0n) is 19.9. The molecule has 10 heteroatoms. The van der Waals surface area contributed by atoms with Crippen LogP contribution in [0.25, 0.3) is 0 Å². The van der Waals surface area contributed by atoms with Crippen molar-refractivity contribution >= 4 is 17.9 Å². The van der Waals surface area contributed by atoms with Gasteiger partial charge in [-0.1, -0.05) is 30.3 Å². The topological polar surface area (TPSA) is 96.2 Å². The summed E-state index contributed by atoms with van der Waals surface area (Å²) >= 11 is 0. The van der Waals surface area contributed by atoms with E-state index >= 15 is 0 Å². The Balaban J connectivity index is 1.55. The Kier molecular flexibility index (Phi) is 8.14. The van der Waals surface area contributed by atoms with Gasteiger partial charge >= 0.3 is 6.09 Å². The molecule has 8 nitrogen and oxygen atoms in total. The Morgan fingerprint density at radius 1 is 1.03 bits per heavy atom. The molecule has 192 valence electrons. The molecule has 0 radical (unpaired) electrons. The highest BCUT2D eigenvalue weighted by Crippen LogP contribution is 2.29. The molecule has 2 aliphatic rings. The van der Waals surface area contributed by atoms with Crippen LogP contribution < -0.4 is 5.73 Å². The van der Waals surface area contributed by atoms with Crippen LogP contribution in [0.2, 0.25) is 0 Å². The lowest BCUT2D eigenvalue weighted by Crippen LogP contribution is -2.71. The van der Waals surface area contributed by atoms with E-state index in [9.17, 15) is 23.2 Å². The Hall–Kier alpha value is -3.53. The molecule has 4 rings (SSSR count). The number of piperazine rings is 1. The minimum Gasteiger partial charge on any atom is -0.444 e. The summed E-state index contributed by atoms with van der Waals surface area (Å²) in [6, 6.07) is 11.7. The first-order valence-electron chi connectivity index (χ1n) is 12.1. The second-order valence-electron chi connectivity index (χ2n) is 9.06. The predicted molar refractivity (Wildman–Crippen MR) is 127 cm³/mol. The monoisotopic (exact) mass is 500 g/mol. The molecule has 2 saturated heterocycles. The number of fused-ring (bicyclic) bond motifs is 1. The maximum absolute atomic E-state index is 13.5. The number of ether oxygens (including phenoxy) is 1. The van der Waals surface area contributed by atoms with Gasteiger partial charge in [0, 0.05) is 25.6 Å². The van der Waals surface area contributed by atoms with Crippen LogP contribution in [-0.4, -0.2) is 64.4 Å². The van der Waals surface area contributed by atoms with Gasteiger partial charge in [-0.3, -0.25) is 14.5 Å². The third-order valence-corrected chi connectivity index (χ3v) is 6.52. The standard InChI is InChI=1S/C26H30F2N4O4/c27-20-12-19(13-21(28)14-20)17-36-26(35)31-11-9-24(33)32-22(8-4-5-10-29)25(34)30(16-23(31)32)15-18-6-2-1-3-7-18/h1-3,6-7,12-14,22-23H,4-5,8-11,15-17,29H2/t22-,23+/m0/s1. The van der Waals surface area contributed by atoms with Crippen molar-refractivity contribution in [1.29, 1.82) is 0 Å². The van der Waals surface area contributed by atoms with Crippen molar-refractivity contribution in [2.24, 2.45) is 5.73 Å². The van der Waals surface area contributed by atoms with Gasteiger partial charge in [0.2, 0.25) is 11.8 Å². The molecule has 3 amide bonds. The van der Waals surface area contributed by atoms with Gasteiger partial charge in [-0.25, -0.2) is 13.6 Å².